The molecule has 0 N–H and O–H groups in total. The van der Waals surface area contributed by atoms with E-state index in [1.807, 2.05) is 30.3 Å². The van der Waals surface area contributed by atoms with Gasteiger partial charge in [-0.3, -0.25) is 0 Å². The molecular weight excluding hydrogens is 404 g/mol. The van der Waals surface area contributed by atoms with Gasteiger partial charge in [-0.05, 0) is 42.7 Å². The number of rotatable bonds is 10. The van der Waals surface area contributed by atoms with Gasteiger partial charge in [0.2, 0.25) is 0 Å². The molecule has 3 nitrogen and oxygen atoms in total. The summed E-state index contributed by atoms with van der Waals surface area (Å²) in [6, 6.07) is 17.1. The number of allylic oxidation sites excluding steroid dienone is 1. The first-order valence-electron chi connectivity index (χ1n) is 11.6. The Balaban J connectivity index is 2.27. The van der Waals surface area contributed by atoms with Crippen molar-refractivity contribution in [1.29, 1.82) is 0 Å². The van der Waals surface area contributed by atoms with Crippen molar-refractivity contribution in [2.75, 3.05) is 33.6 Å². The molecule has 1 atom stereocenters. The summed E-state index contributed by atoms with van der Waals surface area (Å²) in [5.74, 6) is 13.7. The van der Waals surface area contributed by atoms with E-state index in [9.17, 15) is 0 Å². The molecule has 2 rings (SSSR count). The standard InChI is InChI=1S/C27H30O3S/c1-28-21-11-5-4-7-13-23(14-10-12-22-31-26-15-8-6-9-16-26)27(30-3)24-17-19-25(29-2)20-18-24/h6,8-9,14-20,27H,4-5,11,21-22H2,1-3H3/b23-14-/i3D3. The zero-order valence-electron chi connectivity index (χ0n) is 21.0. The summed E-state index contributed by atoms with van der Waals surface area (Å²) >= 11 is 1.63. The molecular formula is C27H30O3S. The van der Waals surface area contributed by atoms with Crippen molar-refractivity contribution < 1.29 is 18.3 Å². The van der Waals surface area contributed by atoms with E-state index < -0.39 is 13.1 Å². The van der Waals surface area contributed by atoms with Crippen LogP contribution < -0.4 is 4.74 Å². The summed E-state index contributed by atoms with van der Waals surface area (Å²) in [5.41, 5.74) is 1.17. The minimum atomic E-state index is -2.60. The molecule has 0 fully saturated rings. The van der Waals surface area contributed by atoms with Crippen LogP contribution in [0.2, 0.25) is 0 Å². The highest BCUT2D eigenvalue weighted by Crippen LogP contribution is 2.26. The van der Waals surface area contributed by atoms with Crippen LogP contribution in [0.5, 0.6) is 5.75 Å². The number of hydrogen-bond donors (Lipinski definition) is 0. The summed E-state index contributed by atoms with van der Waals surface area (Å²) in [7, 11) is 0.655. The van der Waals surface area contributed by atoms with E-state index in [0.717, 1.165) is 17.7 Å². The van der Waals surface area contributed by atoms with Gasteiger partial charge in [0.15, 0.2) is 0 Å². The van der Waals surface area contributed by atoms with Crippen LogP contribution in [0.25, 0.3) is 0 Å². The van der Waals surface area contributed by atoms with Crippen LogP contribution in [-0.2, 0) is 9.47 Å². The van der Waals surface area contributed by atoms with E-state index in [1.54, 1.807) is 56.3 Å². The van der Waals surface area contributed by atoms with Crippen LogP contribution in [0, 0.1) is 23.7 Å². The zero-order chi connectivity index (χ0) is 24.7. The van der Waals surface area contributed by atoms with Gasteiger partial charge in [-0.15, -0.1) is 11.8 Å². The van der Waals surface area contributed by atoms with Crippen LogP contribution in [-0.4, -0.2) is 33.6 Å². The number of ether oxygens (including phenoxy) is 3. The van der Waals surface area contributed by atoms with Crippen molar-refractivity contribution in [2.45, 2.75) is 30.3 Å². The maximum Gasteiger partial charge on any atom is 0.118 e. The first-order valence-corrected chi connectivity index (χ1v) is 11.1. The molecule has 0 heterocycles. The fourth-order valence-corrected chi connectivity index (χ4v) is 3.37. The molecule has 0 saturated carbocycles. The Morgan fingerprint density at radius 2 is 1.87 bits per heavy atom. The van der Waals surface area contributed by atoms with Gasteiger partial charge in [-0.2, -0.15) is 0 Å². The molecule has 0 aliphatic heterocycles. The predicted octanol–water partition coefficient (Wildman–Crippen LogP) is 5.92. The van der Waals surface area contributed by atoms with Gasteiger partial charge in [0.05, 0.1) is 17.0 Å². The lowest BCUT2D eigenvalue weighted by atomic mass is 10.0. The SMILES string of the molecule is [2H]C([2H])([2H])OC(/C(C#CCCCCOC)=C\C#CCSc1ccccc1)c1ccc(OC)cc1. The Labute approximate surface area is 195 Å². The van der Waals surface area contributed by atoms with Crippen molar-refractivity contribution in [2.24, 2.45) is 0 Å². The lowest BCUT2D eigenvalue weighted by Gasteiger charge is -2.16. The normalized spacial score (nSPS) is 13.5. The smallest absolute Gasteiger partial charge is 0.118 e. The summed E-state index contributed by atoms with van der Waals surface area (Å²) in [4.78, 5) is 1.14. The van der Waals surface area contributed by atoms with Crippen LogP contribution in [0.3, 0.4) is 0 Å². The molecule has 0 aliphatic rings. The Morgan fingerprint density at radius 3 is 2.58 bits per heavy atom. The Bertz CT molecular complexity index is 1010. The first kappa shape index (κ1) is 20.3. The second kappa shape index (κ2) is 15.2. The van der Waals surface area contributed by atoms with Crippen molar-refractivity contribution in [3.05, 3.63) is 71.8 Å². The molecule has 2 aromatic rings. The zero-order valence-corrected chi connectivity index (χ0v) is 18.8. The first-order chi connectivity index (χ1) is 16.4. The lowest BCUT2D eigenvalue weighted by Crippen LogP contribution is -2.04. The maximum atomic E-state index is 7.67. The molecule has 2 aromatic carbocycles. The highest BCUT2D eigenvalue weighted by molar-refractivity contribution is 7.99. The minimum absolute atomic E-state index is 0.505. The van der Waals surface area contributed by atoms with Crippen molar-refractivity contribution in [1.82, 2.24) is 0 Å². The highest BCUT2D eigenvalue weighted by atomic mass is 32.2. The number of thioether (sulfide) groups is 1. The molecule has 0 bridgehead atoms. The summed E-state index contributed by atoms with van der Waals surface area (Å²) in [6.45, 7) is 0.686. The van der Waals surface area contributed by atoms with E-state index in [1.165, 1.54) is 0 Å². The third-order valence-corrected chi connectivity index (χ3v) is 5.23. The topological polar surface area (TPSA) is 27.7 Å². The lowest BCUT2D eigenvalue weighted by molar-refractivity contribution is 0.137. The summed E-state index contributed by atoms with van der Waals surface area (Å²) in [6.07, 6.45) is 3.26. The van der Waals surface area contributed by atoms with Gasteiger partial charge in [-0.1, -0.05) is 54.0 Å². The monoisotopic (exact) mass is 437 g/mol. The number of unbranched alkanes of at least 4 members (excludes halogenated alkanes) is 2. The Hall–Kier alpha value is -2.63. The quantitative estimate of drug-likeness (QED) is 0.262. The van der Waals surface area contributed by atoms with Gasteiger partial charge >= 0.3 is 0 Å². The fourth-order valence-electron chi connectivity index (χ4n) is 2.70. The molecule has 0 saturated heterocycles. The Kier molecular flexibility index (Phi) is 9.95. The minimum Gasteiger partial charge on any atom is -0.497 e. The maximum absolute atomic E-state index is 7.67. The van der Waals surface area contributed by atoms with E-state index in [2.05, 4.69) is 23.7 Å². The van der Waals surface area contributed by atoms with Gasteiger partial charge in [-0.25, -0.2) is 0 Å². The third-order valence-electron chi connectivity index (χ3n) is 4.34. The summed E-state index contributed by atoms with van der Waals surface area (Å²) < 4.78 is 38.8. The summed E-state index contributed by atoms with van der Waals surface area (Å²) in [5, 5.41) is 0. The average molecular weight is 438 g/mol. The second-order valence-electron chi connectivity index (χ2n) is 6.55. The molecule has 0 amide bonds. The van der Waals surface area contributed by atoms with Crippen molar-refractivity contribution in [3.63, 3.8) is 0 Å². The third kappa shape index (κ3) is 9.37. The van der Waals surface area contributed by atoms with Gasteiger partial charge in [0.1, 0.15) is 11.9 Å². The van der Waals surface area contributed by atoms with Gasteiger partial charge in [0.25, 0.3) is 0 Å². The molecule has 31 heavy (non-hydrogen) atoms. The van der Waals surface area contributed by atoms with Crippen LogP contribution in [0.4, 0.5) is 0 Å². The largest absolute Gasteiger partial charge is 0.497 e. The highest BCUT2D eigenvalue weighted by Gasteiger charge is 2.14. The molecule has 0 aliphatic carbocycles. The molecule has 1 unspecified atom stereocenters. The Morgan fingerprint density at radius 1 is 1.06 bits per heavy atom. The van der Waals surface area contributed by atoms with Crippen LogP contribution >= 0.6 is 11.8 Å². The van der Waals surface area contributed by atoms with E-state index in [0.29, 0.717) is 35.7 Å². The van der Waals surface area contributed by atoms with Gasteiger partial charge < -0.3 is 14.2 Å². The molecule has 0 radical (unpaired) electrons. The fraction of sp³-hybridized carbons (Fsp3) is 0.333. The average Bonchev–Trinajstić information content (AvgIpc) is 2.83. The van der Waals surface area contributed by atoms with Gasteiger partial charge in [0, 0.05) is 43.7 Å². The molecule has 162 valence electrons. The number of benzene rings is 2. The van der Waals surface area contributed by atoms with Crippen molar-refractivity contribution >= 4 is 11.8 Å². The number of methoxy groups -OCH3 is 3. The van der Waals surface area contributed by atoms with E-state index in [-0.39, 0.29) is 0 Å². The van der Waals surface area contributed by atoms with E-state index in [4.69, 9.17) is 18.3 Å². The second-order valence-corrected chi connectivity index (χ2v) is 7.59. The molecule has 0 aromatic heterocycles. The molecule has 0 spiro atoms. The van der Waals surface area contributed by atoms with Crippen LogP contribution in [0.15, 0.2) is 71.1 Å². The molecule has 4 heteroatoms. The number of hydrogen-bond acceptors (Lipinski definition) is 4. The van der Waals surface area contributed by atoms with Crippen molar-refractivity contribution in [3.8, 4) is 29.4 Å². The predicted molar refractivity (Wildman–Crippen MR) is 129 cm³/mol. The van der Waals surface area contributed by atoms with E-state index >= 15 is 0 Å². The van der Waals surface area contributed by atoms with Crippen LogP contribution in [0.1, 0.15) is 35.0 Å².